The summed E-state index contributed by atoms with van der Waals surface area (Å²) < 4.78 is 0. The van der Waals surface area contributed by atoms with E-state index in [-0.39, 0.29) is 0 Å². The predicted octanol–water partition coefficient (Wildman–Crippen LogP) is 2.34. The highest BCUT2D eigenvalue weighted by atomic mass is 15.4. The molecule has 98 valence electrons. The first kappa shape index (κ1) is 12.0. The van der Waals surface area contributed by atoms with Crippen LogP contribution in [0.2, 0.25) is 0 Å². The van der Waals surface area contributed by atoms with Crippen molar-refractivity contribution in [3.63, 3.8) is 0 Å². The van der Waals surface area contributed by atoms with Crippen molar-refractivity contribution in [3.05, 3.63) is 29.8 Å². The Labute approximate surface area is 110 Å². The number of anilines is 1. The minimum Gasteiger partial charge on any atom is -0.310 e. The van der Waals surface area contributed by atoms with Crippen molar-refractivity contribution in [2.45, 2.75) is 31.6 Å². The van der Waals surface area contributed by atoms with Gasteiger partial charge in [-0.2, -0.15) is 0 Å². The number of likely N-dealkylation sites (tertiary alicyclic amines) is 1. The van der Waals surface area contributed by atoms with Crippen molar-refractivity contribution in [2.75, 3.05) is 31.2 Å². The van der Waals surface area contributed by atoms with Crippen molar-refractivity contribution in [2.24, 2.45) is 5.84 Å². The molecule has 18 heavy (non-hydrogen) atoms. The Morgan fingerprint density at radius 1 is 1.17 bits per heavy atom. The molecule has 0 bridgehead atoms. The van der Waals surface area contributed by atoms with Crippen LogP contribution in [0, 0.1) is 0 Å². The average Bonchev–Trinajstić information content (AvgIpc) is 3.00. The van der Waals surface area contributed by atoms with Gasteiger partial charge in [-0.25, -0.2) is 5.84 Å². The first-order valence-corrected chi connectivity index (χ1v) is 7.18. The third-order valence-corrected chi connectivity index (χ3v) is 4.33. The van der Waals surface area contributed by atoms with Crippen LogP contribution in [-0.2, 0) is 0 Å². The van der Waals surface area contributed by atoms with E-state index < -0.39 is 0 Å². The van der Waals surface area contributed by atoms with Gasteiger partial charge >= 0.3 is 0 Å². The van der Waals surface area contributed by atoms with Crippen molar-refractivity contribution in [3.8, 4) is 0 Å². The van der Waals surface area contributed by atoms with Crippen LogP contribution in [0.3, 0.4) is 0 Å². The van der Waals surface area contributed by atoms with Crippen LogP contribution >= 0.6 is 0 Å². The van der Waals surface area contributed by atoms with E-state index in [2.05, 4.69) is 29.2 Å². The summed E-state index contributed by atoms with van der Waals surface area (Å²) in [5, 5.41) is 1.91. The normalized spacial score (nSPS) is 23.6. The Morgan fingerprint density at radius 2 is 1.94 bits per heavy atom. The lowest BCUT2D eigenvalue weighted by molar-refractivity contribution is 0.325. The molecule has 1 aromatic rings. The molecule has 0 radical (unpaired) electrons. The molecule has 1 saturated heterocycles. The molecule has 2 heterocycles. The molecule has 1 unspecified atom stereocenters. The highest BCUT2D eigenvalue weighted by Gasteiger charge is 2.26. The molecule has 0 aliphatic carbocycles. The van der Waals surface area contributed by atoms with Crippen molar-refractivity contribution in [1.29, 1.82) is 0 Å². The van der Waals surface area contributed by atoms with Gasteiger partial charge in [0, 0.05) is 12.5 Å². The third-order valence-electron chi connectivity index (χ3n) is 4.33. The number of fused-ring (bicyclic) bond motifs is 1. The second kappa shape index (κ2) is 5.29. The average molecular weight is 245 g/mol. The zero-order valence-electron chi connectivity index (χ0n) is 11.0. The molecule has 0 aromatic heterocycles. The molecule has 3 rings (SSSR count). The molecule has 1 aromatic carbocycles. The molecule has 0 spiro atoms. The molecule has 3 nitrogen and oxygen atoms in total. The summed E-state index contributed by atoms with van der Waals surface area (Å²) in [6, 6.07) is 8.58. The molecule has 0 amide bonds. The fourth-order valence-corrected chi connectivity index (χ4v) is 3.34. The topological polar surface area (TPSA) is 32.5 Å². The van der Waals surface area contributed by atoms with Gasteiger partial charge in [0.15, 0.2) is 0 Å². The smallest absolute Gasteiger partial charge is 0.0552 e. The van der Waals surface area contributed by atoms with Crippen LogP contribution in [0.25, 0.3) is 0 Å². The summed E-state index contributed by atoms with van der Waals surface area (Å²) in [4.78, 5) is 2.60. The van der Waals surface area contributed by atoms with Gasteiger partial charge in [-0.15, -0.1) is 0 Å². The number of para-hydroxylation sites is 1. The maximum atomic E-state index is 6.05. The van der Waals surface area contributed by atoms with Crippen LogP contribution in [0.4, 0.5) is 5.69 Å². The van der Waals surface area contributed by atoms with Crippen molar-refractivity contribution >= 4 is 5.69 Å². The number of rotatable bonds is 4. The highest BCUT2D eigenvalue weighted by Crippen LogP contribution is 2.36. The van der Waals surface area contributed by atoms with E-state index in [4.69, 9.17) is 5.84 Å². The Bertz CT molecular complexity index is 398. The van der Waals surface area contributed by atoms with Crippen LogP contribution < -0.4 is 10.9 Å². The summed E-state index contributed by atoms with van der Waals surface area (Å²) in [7, 11) is 0. The maximum absolute atomic E-state index is 6.05. The Kier molecular flexibility index (Phi) is 3.52. The van der Waals surface area contributed by atoms with Gasteiger partial charge in [-0.3, -0.25) is 0 Å². The molecule has 2 aliphatic heterocycles. The Morgan fingerprint density at radius 3 is 2.78 bits per heavy atom. The molecule has 0 saturated carbocycles. The maximum Gasteiger partial charge on any atom is 0.0552 e. The fourth-order valence-electron chi connectivity index (χ4n) is 3.34. The largest absolute Gasteiger partial charge is 0.310 e. The third kappa shape index (κ3) is 2.38. The van der Waals surface area contributed by atoms with Gasteiger partial charge in [0.25, 0.3) is 0 Å². The Hall–Kier alpha value is -1.06. The van der Waals surface area contributed by atoms with Gasteiger partial charge in [0.2, 0.25) is 0 Å². The van der Waals surface area contributed by atoms with E-state index in [1.807, 2.05) is 5.01 Å². The predicted molar refractivity (Wildman–Crippen MR) is 75.6 cm³/mol. The summed E-state index contributed by atoms with van der Waals surface area (Å²) in [6.45, 7) is 4.87. The SMILES string of the molecule is NN1CC(CCCN2CCCC2)c2ccccc21. The molecule has 3 heteroatoms. The van der Waals surface area contributed by atoms with E-state index in [1.165, 1.54) is 56.6 Å². The van der Waals surface area contributed by atoms with E-state index >= 15 is 0 Å². The quantitative estimate of drug-likeness (QED) is 0.826. The number of hydrazine groups is 1. The molecule has 2 aliphatic rings. The first-order chi connectivity index (χ1) is 8.84. The first-order valence-electron chi connectivity index (χ1n) is 7.18. The molecular weight excluding hydrogens is 222 g/mol. The zero-order chi connectivity index (χ0) is 12.4. The van der Waals surface area contributed by atoms with E-state index in [0.29, 0.717) is 5.92 Å². The highest BCUT2D eigenvalue weighted by molar-refractivity contribution is 5.58. The van der Waals surface area contributed by atoms with Gasteiger partial charge in [0.1, 0.15) is 0 Å². The van der Waals surface area contributed by atoms with Crippen molar-refractivity contribution in [1.82, 2.24) is 4.90 Å². The summed E-state index contributed by atoms with van der Waals surface area (Å²) in [5.74, 6) is 6.69. The van der Waals surface area contributed by atoms with E-state index in [9.17, 15) is 0 Å². The lowest BCUT2D eigenvalue weighted by Crippen LogP contribution is -2.29. The van der Waals surface area contributed by atoms with Crippen molar-refractivity contribution < 1.29 is 0 Å². The number of benzene rings is 1. The van der Waals surface area contributed by atoms with Crippen LogP contribution in [0.5, 0.6) is 0 Å². The Balaban J connectivity index is 1.54. The van der Waals surface area contributed by atoms with E-state index in [1.54, 1.807) is 0 Å². The summed E-state index contributed by atoms with van der Waals surface area (Å²) in [6.07, 6.45) is 5.35. The van der Waals surface area contributed by atoms with Gasteiger partial charge in [0.05, 0.1) is 5.69 Å². The molecular formula is C15H23N3. The van der Waals surface area contributed by atoms with Crippen LogP contribution in [0.1, 0.15) is 37.2 Å². The number of hydrogen-bond acceptors (Lipinski definition) is 3. The van der Waals surface area contributed by atoms with Crippen LogP contribution in [-0.4, -0.2) is 31.1 Å². The molecule has 1 fully saturated rings. The lowest BCUT2D eigenvalue weighted by Gasteiger charge is -2.16. The lowest BCUT2D eigenvalue weighted by atomic mass is 9.96. The minimum absolute atomic E-state index is 0.633. The number of nitrogens with zero attached hydrogens (tertiary/aromatic N) is 2. The number of nitrogens with two attached hydrogens (primary N) is 1. The molecule has 1 atom stereocenters. The number of hydrogen-bond donors (Lipinski definition) is 1. The summed E-state index contributed by atoms with van der Waals surface area (Å²) >= 11 is 0. The van der Waals surface area contributed by atoms with Crippen LogP contribution in [0.15, 0.2) is 24.3 Å². The zero-order valence-corrected chi connectivity index (χ0v) is 11.0. The van der Waals surface area contributed by atoms with E-state index in [0.717, 1.165) is 6.54 Å². The van der Waals surface area contributed by atoms with Gasteiger partial charge in [-0.05, 0) is 56.9 Å². The second-order valence-corrected chi connectivity index (χ2v) is 5.60. The fraction of sp³-hybridized carbons (Fsp3) is 0.600. The standard InChI is InChI=1S/C15H23N3/c16-18-12-13(14-7-1-2-8-15(14)18)6-5-11-17-9-3-4-10-17/h1-2,7-8,13H,3-6,9-12,16H2. The van der Waals surface area contributed by atoms with Gasteiger partial charge in [-0.1, -0.05) is 18.2 Å². The van der Waals surface area contributed by atoms with Gasteiger partial charge < -0.3 is 9.91 Å². The monoisotopic (exact) mass is 245 g/mol. The summed E-state index contributed by atoms with van der Waals surface area (Å²) in [5.41, 5.74) is 2.67. The molecule has 2 N–H and O–H groups in total. The minimum atomic E-state index is 0.633. The second-order valence-electron chi connectivity index (χ2n) is 5.60.